The van der Waals surface area contributed by atoms with Crippen LogP contribution >= 0.6 is 0 Å². The highest BCUT2D eigenvalue weighted by atomic mass is 16.5. The lowest BCUT2D eigenvalue weighted by Crippen LogP contribution is -2.44. The van der Waals surface area contributed by atoms with Gasteiger partial charge in [0.05, 0.1) is 23.7 Å². The number of aromatic nitrogens is 3. The zero-order valence-electron chi connectivity index (χ0n) is 17.7. The second-order valence-corrected chi connectivity index (χ2v) is 7.98. The van der Waals surface area contributed by atoms with Gasteiger partial charge in [-0.1, -0.05) is 0 Å². The number of methoxy groups -OCH3 is 1. The summed E-state index contributed by atoms with van der Waals surface area (Å²) in [5.41, 5.74) is 4.01. The first kappa shape index (κ1) is 19.4. The Morgan fingerprint density at radius 3 is 2.68 bits per heavy atom. The van der Waals surface area contributed by atoms with E-state index in [2.05, 4.69) is 39.5 Å². The molecule has 3 heterocycles. The van der Waals surface area contributed by atoms with E-state index >= 15 is 0 Å². The van der Waals surface area contributed by atoms with Crippen LogP contribution in [0.5, 0.6) is 5.75 Å². The van der Waals surface area contributed by atoms with Crippen molar-refractivity contribution in [3.05, 3.63) is 54.9 Å². The minimum Gasteiger partial charge on any atom is -0.497 e. The molecule has 0 saturated carbocycles. The molecular weight excluding hydrogens is 390 g/mol. The molecule has 158 valence electrons. The topological polar surface area (TPSA) is 72.3 Å². The third kappa shape index (κ3) is 3.79. The Kier molecular flexibility index (Phi) is 4.94. The fraction of sp³-hybridized carbons (Fsp3) is 0.292. The number of hydrogen-bond donors (Lipinski definition) is 1. The normalized spacial score (nSPS) is 14.8. The quantitative estimate of drug-likeness (QED) is 0.550. The maximum Gasteiger partial charge on any atom is 0.217 e. The van der Waals surface area contributed by atoms with E-state index in [1.807, 2.05) is 28.8 Å². The molecule has 7 heteroatoms. The molecule has 31 heavy (non-hydrogen) atoms. The van der Waals surface area contributed by atoms with E-state index in [0.29, 0.717) is 0 Å². The summed E-state index contributed by atoms with van der Waals surface area (Å²) in [4.78, 5) is 23.0. The van der Waals surface area contributed by atoms with Gasteiger partial charge in [-0.05, 0) is 55.3 Å². The number of carbonyl (C=O) groups excluding carboxylic acids is 1. The predicted octanol–water partition coefficient (Wildman–Crippen LogP) is 3.69. The van der Waals surface area contributed by atoms with Crippen molar-refractivity contribution in [2.75, 3.05) is 25.1 Å². The summed E-state index contributed by atoms with van der Waals surface area (Å²) in [6, 6.07) is 16.7. The van der Waals surface area contributed by atoms with Gasteiger partial charge in [0, 0.05) is 43.2 Å². The first-order chi connectivity index (χ1) is 15.1. The van der Waals surface area contributed by atoms with Crippen LogP contribution in [0.2, 0.25) is 0 Å². The van der Waals surface area contributed by atoms with Crippen LogP contribution in [0.25, 0.3) is 27.8 Å². The summed E-state index contributed by atoms with van der Waals surface area (Å²) >= 11 is 0. The van der Waals surface area contributed by atoms with Gasteiger partial charge in [-0.15, -0.1) is 0 Å². The number of benzene rings is 2. The lowest BCUT2D eigenvalue weighted by molar-refractivity contribution is -0.119. The minimum atomic E-state index is 0.0517. The Morgan fingerprint density at radius 1 is 1.06 bits per heavy atom. The number of piperidine rings is 1. The van der Waals surface area contributed by atoms with E-state index < -0.39 is 0 Å². The molecule has 0 unspecified atom stereocenters. The molecule has 1 fully saturated rings. The highest BCUT2D eigenvalue weighted by molar-refractivity contribution is 5.84. The molecule has 5 rings (SSSR count). The fourth-order valence-corrected chi connectivity index (χ4v) is 4.30. The van der Waals surface area contributed by atoms with Crippen molar-refractivity contribution in [3.63, 3.8) is 0 Å². The Balaban J connectivity index is 1.39. The maximum absolute atomic E-state index is 11.3. The van der Waals surface area contributed by atoms with Gasteiger partial charge in [0.15, 0.2) is 0 Å². The molecule has 1 N–H and O–H groups in total. The molecular formula is C24H25N5O2. The van der Waals surface area contributed by atoms with Gasteiger partial charge in [-0.3, -0.25) is 9.36 Å². The zero-order valence-corrected chi connectivity index (χ0v) is 17.7. The Hall–Kier alpha value is -3.61. The number of hydrogen-bond acceptors (Lipinski definition) is 5. The number of nitrogens with zero attached hydrogens (tertiary/aromatic N) is 4. The number of rotatable bonds is 4. The monoisotopic (exact) mass is 415 g/mol. The third-order valence-corrected chi connectivity index (χ3v) is 5.93. The number of pyridine rings is 1. The fourth-order valence-electron chi connectivity index (χ4n) is 4.30. The van der Waals surface area contributed by atoms with Crippen LogP contribution in [-0.4, -0.2) is 46.7 Å². The first-order valence-corrected chi connectivity index (χ1v) is 10.5. The summed E-state index contributed by atoms with van der Waals surface area (Å²) < 4.78 is 7.29. The number of nitrogens with one attached hydrogen (secondary N) is 1. The van der Waals surface area contributed by atoms with Gasteiger partial charge in [-0.2, -0.15) is 0 Å². The van der Waals surface area contributed by atoms with Crippen LogP contribution in [-0.2, 0) is 4.79 Å². The molecule has 1 amide bonds. The lowest BCUT2D eigenvalue weighted by Gasteiger charge is -2.34. The first-order valence-electron chi connectivity index (χ1n) is 10.5. The molecule has 0 radical (unpaired) electrons. The van der Waals surface area contributed by atoms with Crippen molar-refractivity contribution in [1.29, 1.82) is 0 Å². The van der Waals surface area contributed by atoms with Crippen molar-refractivity contribution in [2.45, 2.75) is 25.8 Å². The van der Waals surface area contributed by atoms with Gasteiger partial charge in [0.25, 0.3) is 0 Å². The number of ether oxygens (including phenoxy) is 1. The second kappa shape index (κ2) is 7.91. The Bertz CT molecular complexity index is 1260. The molecule has 2 aromatic carbocycles. The van der Waals surface area contributed by atoms with E-state index in [4.69, 9.17) is 9.72 Å². The van der Waals surface area contributed by atoms with Crippen LogP contribution in [0.3, 0.4) is 0 Å². The average molecular weight is 415 g/mol. The van der Waals surface area contributed by atoms with Crippen LogP contribution in [0.1, 0.15) is 19.8 Å². The average Bonchev–Trinajstić information content (AvgIpc) is 3.21. The SMILES string of the molecule is COc1ccc2c(c1)ncn2-c1ccc2cc(N3CCC(NC(C)=O)CC3)ccc2n1. The summed E-state index contributed by atoms with van der Waals surface area (Å²) in [6.07, 6.45) is 3.73. The van der Waals surface area contributed by atoms with Gasteiger partial charge in [-0.25, -0.2) is 9.97 Å². The molecule has 0 bridgehead atoms. The van der Waals surface area contributed by atoms with Gasteiger partial charge >= 0.3 is 0 Å². The van der Waals surface area contributed by atoms with Crippen LogP contribution in [0.15, 0.2) is 54.9 Å². The van der Waals surface area contributed by atoms with Crippen molar-refractivity contribution >= 4 is 33.5 Å². The molecule has 1 aliphatic heterocycles. The number of imidazole rings is 1. The molecule has 7 nitrogen and oxygen atoms in total. The lowest BCUT2D eigenvalue weighted by atomic mass is 10.0. The number of amides is 1. The summed E-state index contributed by atoms with van der Waals surface area (Å²) in [7, 11) is 1.66. The summed E-state index contributed by atoms with van der Waals surface area (Å²) in [5, 5.41) is 4.14. The zero-order chi connectivity index (χ0) is 21.4. The molecule has 4 aromatic rings. The van der Waals surface area contributed by atoms with Gasteiger partial charge in [0.1, 0.15) is 17.9 Å². The Morgan fingerprint density at radius 2 is 1.90 bits per heavy atom. The highest BCUT2D eigenvalue weighted by Crippen LogP contribution is 2.27. The second-order valence-electron chi connectivity index (χ2n) is 7.98. The smallest absolute Gasteiger partial charge is 0.217 e. The predicted molar refractivity (Wildman–Crippen MR) is 122 cm³/mol. The minimum absolute atomic E-state index is 0.0517. The summed E-state index contributed by atoms with van der Waals surface area (Å²) in [6.45, 7) is 3.46. The highest BCUT2D eigenvalue weighted by Gasteiger charge is 2.20. The third-order valence-electron chi connectivity index (χ3n) is 5.93. The standard InChI is InChI=1S/C24H25N5O2/c1-16(30)26-18-9-11-28(12-10-18)19-4-6-21-17(13-19)3-8-24(27-21)29-15-25-22-14-20(31-2)5-7-23(22)29/h3-8,13-15,18H,9-12H2,1-2H3,(H,26,30). The van der Waals surface area contributed by atoms with Crippen molar-refractivity contribution < 1.29 is 9.53 Å². The van der Waals surface area contributed by atoms with Crippen molar-refractivity contribution in [1.82, 2.24) is 19.9 Å². The number of fused-ring (bicyclic) bond motifs is 2. The largest absolute Gasteiger partial charge is 0.497 e. The van der Waals surface area contributed by atoms with Crippen LogP contribution in [0, 0.1) is 0 Å². The van der Waals surface area contributed by atoms with Crippen molar-refractivity contribution in [2.24, 2.45) is 0 Å². The molecule has 1 aliphatic rings. The molecule has 2 aromatic heterocycles. The Labute approximate surface area is 180 Å². The van der Waals surface area contributed by atoms with E-state index in [1.54, 1.807) is 20.4 Å². The van der Waals surface area contributed by atoms with Gasteiger partial charge in [0.2, 0.25) is 5.91 Å². The molecule has 0 aliphatic carbocycles. The number of anilines is 1. The molecule has 0 atom stereocenters. The molecule has 0 spiro atoms. The van der Waals surface area contributed by atoms with Gasteiger partial charge < -0.3 is 15.0 Å². The van der Waals surface area contributed by atoms with Crippen LogP contribution in [0.4, 0.5) is 5.69 Å². The van der Waals surface area contributed by atoms with E-state index in [-0.39, 0.29) is 11.9 Å². The van der Waals surface area contributed by atoms with Crippen LogP contribution < -0.4 is 15.0 Å². The number of carbonyl (C=O) groups is 1. The van der Waals surface area contributed by atoms with Crippen molar-refractivity contribution in [3.8, 4) is 11.6 Å². The van der Waals surface area contributed by atoms with E-state index in [9.17, 15) is 4.79 Å². The summed E-state index contributed by atoms with van der Waals surface area (Å²) in [5.74, 6) is 1.68. The van der Waals surface area contributed by atoms with E-state index in [0.717, 1.165) is 59.4 Å². The van der Waals surface area contributed by atoms with E-state index in [1.165, 1.54) is 5.69 Å². The maximum atomic E-state index is 11.3. The molecule has 1 saturated heterocycles.